The number of nitrogens with one attached hydrogen (secondary N) is 1. The van der Waals surface area contributed by atoms with E-state index in [1.165, 1.54) is 10.3 Å². The number of carbonyl (C=O) groups is 2. The van der Waals surface area contributed by atoms with E-state index in [1.807, 2.05) is 48.3 Å². The molecule has 0 spiro atoms. The molecule has 0 radical (unpaired) electrons. The molecular weight excluding hydrogens is 466 g/mol. The Morgan fingerprint density at radius 3 is 1.92 bits per heavy atom. The number of nitrogens with zero attached hydrogens (tertiary/aromatic N) is 2. The second-order valence-corrected chi connectivity index (χ2v) is 9.21. The Morgan fingerprint density at radius 2 is 1.35 bits per heavy atom. The zero-order chi connectivity index (χ0) is 26.0. The SMILES string of the molecule is COc1ccc(C2(c3ccc(OC)cc3)NC(=O)N(CN(C)Cc3ccc4ccccc4c3)C2=O)cc1. The molecule has 37 heavy (non-hydrogen) atoms. The third-order valence-electron chi connectivity index (χ3n) is 6.80. The van der Waals surface area contributed by atoms with E-state index in [1.54, 1.807) is 38.5 Å². The number of benzene rings is 4. The third-order valence-corrected chi connectivity index (χ3v) is 6.80. The number of urea groups is 1. The van der Waals surface area contributed by atoms with Gasteiger partial charge in [0.25, 0.3) is 5.91 Å². The van der Waals surface area contributed by atoms with Gasteiger partial charge in [0, 0.05) is 6.54 Å². The van der Waals surface area contributed by atoms with E-state index in [0.29, 0.717) is 29.2 Å². The second-order valence-electron chi connectivity index (χ2n) is 9.21. The van der Waals surface area contributed by atoms with E-state index in [4.69, 9.17) is 9.47 Å². The highest BCUT2D eigenvalue weighted by Crippen LogP contribution is 2.37. The van der Waals surface area contributed by atoms with Crippen LogP contribution < -0.4 is 14.8 Å². The van der Waals surface area contributed by atoms with Crippen molar-refractivity contribution in [1.29, 1.82) is 0 Å². The maximum Gasteiger partial charge on any atom is 0.326 e. The molecule has 3 amide bonds. The van der Waals surface area contributed by atoms with Crippen LogP contribution in [0.1, 0.15) is 16.7 Å². The van der Waals surface area contributed by atoms with Gasteiger partial charge in [-0.25, -0.2) is 9.69 Å². The normalized spacial score (nSPS) is 14.8. The lowest BCUT2D eigenvalue weighted by molar-refractivity contribution is -0.131. The summed E-state index contributed by atoms with van der Waals surface area (Å²) in [6.07, 6.45) is 0. The van der Waals surface area contributed by atoms with Gasteiger partial charge < -0.3 is 14.8 Å². The van der Waals surface area contributed by atoms with Crippen LogP contribution >= 0.6 is 0 Å². The zero-order valence-electron chi connectivity index (χ0n) is 21.1. The van der Waals surface area contributed by atoms with Gasteiger partial charge in [0.05, 0.1) is 20.9 Å². The Bertz CT molecular complexity index is 1390. The zero-order valence-corrected chi connectivity index (χ0v) is 21.1. The van der Waals surface area contributed by atoms with Gasteiger partial charge in [-0.3, -0.25) is 9.69 Å². The van der Waals surface area contributed by atoms with Crippen LogP contribution in [0.2, 0.25) is 0 Å². The first kappa shape index (κ1) is 24.3. The molecule has 4 aromatic rings. The van der Waals surface area contributed by atoms with Crippen LogP contribution in [0.4, 0.5) is 4.79 Å². The first-order valence-electron chi connectivity index (χ1n) is 12.0. The molecule has 0 atom stereocenters. The van der Waals surface area contributed by atoms with Crippen molar-refractivity contribution >= 4 is 22.7 Å². The monoisotopic (exact) mass is 495 g/mol. The fraction of sp³-hybridized carbons (Fsp3) is 0.200. The van der Waals surface area contributed by atoms with Gasteiger partial charge in [-0.05, 0) is 64.8 Å². The van der Waals surface area contributed by atoms with E-state index in [-0.39, 0.29) is 12.6 Å². The molecule has 0 aliphatic carbocycles. The molecular formula is C30H29N3O4. The number of hydrogen-bond acceptors (Lipinski definition) is 5. The minimum atomic E-state index is -1.36. The van der Waals surface area contributed by atoms with Crippen LogP contribution in [0.15, 0.2) is 91.0 Å². The van der Waals surface area contributed by atoms with Gasteiger partial charge in [-0.1, -0.05) is 60.7 Å². The van der Waals surface area contributed by atoms with Crippen LogP contribution in [-0.2, 0) is 16.9 Å². The number of hydrogen-bond donors (Lipinski definition) is 1. The number of fused-ring (bicyclic) bond motifs is 1. The van der Waals surface area contributed by atoms with E-state index in [0.717, 1.165) is 10.9 Å². The number of ether oxygens (including phenoxy) is 2. The summed E-state index contributed by atoms with van der Waals surface area (Å²) in [6, 6.07) is 28.4. The van der Waals surface area contributed by atoms with Gasteiger partial charge >= 0.3 is 6.03 Å². The Balaban J connectivity index is 1.44. The summed E-state index contributed by atoms with van der Waals surface area (Å²) in [6.45, 7) is 0.728. The van der Waals surface area contributed by atoms with Gasteiger partial charge in [-0.2, -0.15) is 0 Å². The molecule has 0 aromatic heterocycles. The molecule has 0 bridgehead atoms. The molecule has 7 nitrogen and oxygen atoms in total. The van der Waals surface area contributed by atoms with Crippen molar-refractivity contribution in [2.75, 3.05) is 27.9 Å². The van der Waals surface area contributed by atoms with Crippen LogP contribution in [0.5, 0.6) is 11.5 Å². The second kappa shape index (κ2) is 9.95. The van der Waals surface area contributed by atoms with Crippen LogP contribution in [0, 0.1) is 0 Å². The lowest BCUT2D eigenvalue weighted by atomic mass is 9.82. The molecule has 0 unspecified atom stereocenters. The lowest BCUT2D eigenvalue weighted by Crippen LogP contribution is -2.46. The van der Waals surface area contributed by atoms with E-state index in [9.17, 15) is 9.59 Å². The first-order valence-corrected chi connectivity index (χ1v) is 12.0. The molecule has 1 N–H and O–H groups in total. The number of amides is 3. The maximum atomic E-state index is 14.1. The Labute approximate surface area is 216 Å². The Hall–Kier alpha value is -4.36. The fourth-order valence-electron chi connectivity index (χ4n) is 4.88. The highest BCUT2D eigenvalue weighted by Gasteiger charge is 2.53. The summed E-state index contributed by atoms with van der Waals surface area (Å²) in [7, 11) is 5.07. The average molecular weight is 496 g/mol. The van der Waals surface area contributed by atoms with Gasteiger partial charge in [0.1, 0.15) is 11.5 Å². The summed E-state index contributed by atoms with van der Waals surface area (Å²) < 4.78 is 10.6. The number of methoxy groups -OCH3 is 2. The highest BCUT2D eigenvalue weighted by molar-refractivity contribution is 6.09. The summed E-state index contributed by atoms with van der Waals surface area (Å²) in [5, 5.41) is 5.32. The number of rotatable bonds is 8. The molecule has 188 valence electrons. The summed E-state index contributed by atoms with van der Waals surface area (Å²) >= 11 is 0. The average Bonchev–Trinajstić information content (AvgIpc) is 3.18. The molecule has 1 fully saturated rings. The van der Waals surface area contributed by atoms with E-state index >= 15 is 0 Å². The van der Waals surface area contributed by atoms with Crippen molar-refractivity contribution in [3.8, 4) is 11.5 Å². The number of imide groups is 1. The quantitative estimate of drug-likeness (QED) is 0.358. The van der Waals surface area contributed by atoms with Crippen molar-refractivity contribution in [3.05, 3.63) is 108 Å². The predicted molar refractivity (Wildman–Crippen MR) is 142 cm³/mol. The van der Waals surface area contributed by atoms with Crippen LogP contribution in [0.25, 0.3) is 10.8 Å². The molecule has 1 heterocycles. The number of carbonyl (C=O) groups excluding carboxylic acids is 2. The standard InChI is InChI=1S/C30H29N3O4/c1-32(19-21-8-9-22-6-4-5-7-23(22)18-21)20-33-28(34)30(31-29(33)35,24-10-14-26(36-2)15-11-24)25-12-16-27(37-3)17-13-25/h4-18H,19-20H2,1-3H3,(H,31,35). The smallest absolute Gasteiger partial charge is 0.326 e. The van der Waals surface area contributed by atoms with Crippen LogP contribution in [-0.4, -0.2) is 49.7 Å². The van der Waals surface area contributed by atoms with E-state index in [2.05, 4.69) is 35.6 Å². The van der Waals surface area contributed by atoms with Crippen LogP contribution in [0.3, 0.4) is 0 Å². The summed E-state index contributed by atoms with van der Waals surface area (Å²) in [4.78, 5) is 30.6. The largest absolute Gasteiger partial charge is 0.497 e. The van der Waals surface area contributed by atoms with Crippen molar-refractivity contribution in [1.82, 2.24) is 15.1 Å². The van der Waals surface area contributed by atoms with Gasteiger partial charge in [0.15, 0.2) is 5.54 Å². The minimum absolute atomic E-state index is 0.144. The summed E-state index contributed by atoms with van der Waals surface area (Å²) in [5.41, 5.74) is 1.04. The van der Waals surface area contributed by atoms with Crippen molar-refractivity contribution in [2.45, 2.75) is 12.1 Å². The Morgan fingerprint density at radius 1 is 0.784 bits per heavy atom. The fourth-order valence-corrected chi connectivity index (χ4v) is 4.88. The maximum absolute atomic E-state index is 14.1. The minimum Gasteiger partial charge on any atom is -0.497 e. The van der Waals surface area contributed by atoms with Crippen molar-refractivity contribution in [2.24, 2.45) is 0 Å². The lowest BCUT2D eigenvalue weighted by Gasteiger charge is -2.29. The molecule has 5 rings (SSSR count). The topological polar surface area (TPSA) is 71.1 Å². The molecule has 7 heteroatoms. The first-order chi connectivity index (χ1) is 17.9. The third kappa shape index (κ3) is 4.49. The predicted octanol–water partition coefficient (Wildman–Crippen LogP) is 4.74. The molecule has 1 saturated heterocycles. The molecule has 4 aromatic carbocycles. The molecule has 1 aliphatic heterocycles. The highest BCUT2D eigenvalue weighted by atomic mass is 16.5. The van der Waals surface area contributed by atoms with E-state index < -0.39 is 11.6 Å². The summed E-state index contributed by atoms with van der Waals surface area (Å²) in [5.74, 6) is 0.993. The Kier molecular flexibility index (Phi) is 6.54. The van der Waals surface area contributed by atoms with Gasteiger partial charge in [-0.15, -0.1) is 0 Å². The molecule has 0 saturated carbocycles. The van der Waals surface area contributed by atoms with Gasteiger partial charge in [0.2, 0.25) is 0 Å². The van der Waals surface area contributed by atoms with Crippen molar-refractivity contribution in [3.63, 3.8) is 0 Å². The van der Waals surface area contributed by atoms with Crippen molar-refractivity contribution < 1.29 is 19.1 Å². The molecule has 1 aliphatic rings.